The molecule has 114 valence electrons. The van der Waals surface area contributed by atoms with Crippen LogP contribution in [-0.4, -0.2) is 41.0 Å². The fourth-order valence-electron chi connectivity index (χ4n) is 2.50. The first-order chi connectivity index (χ1) is 9.32. The van der Waals surface area contributed by atoms with Gasteiger partial charge in [-0.25, -0.2) is 4.79 Å². The number of rotatable bonds is 6. The lowest BCUT2D eigenvalue weighted by Crippen LogP contribution is -2.61. The maximum Gasteiger partial charge on any atom is 0.326 e. The summed E-state index contributed by atoms with van der Waals surface area (Å²) in [4.78, 5) is 35.1. The fraction of sp³-hybridized carbons (Fsp3) is 0.769. The van der Waals surface area contributed by atoms with Crippen LogP contribution in [0.25, 0.3) is 0 Å². The number of amides is 2. The van der Waals surface area contributed by atoms with Gasteiger partial charge in [-0.2, -0.15) is 0 Å². The molecule has 0 radical (unpaired) electrons. The molecule has 2 amide bonds. The zero-order valence-corrected chi connectivity index (χ0v) is 11.9. The number of hydrogen-bond donors (Lipinski definition) is 4. The number of carboxylic acid groups (broad SMARTS) is 1. The maximum atomic E-state index is 12.4. The lowest BCUT2D eigenvalue weighted by Gasteiger charge is -2.31. The van der Waals surface area contributed by atoms with Gasteiger partial charge < -0.3 is 21.5 Å². The van der Waals surface area contributed by atoms with Crippen LogP contribution in [-0.2, 0) is 14.4 Å². The van der Waals surface area contributed by atoms with Crippen molar-refractivity contribution in [2.24, 2.45) is 11.7 Å². The summed E-state index contributed by atoms with van der Waals surface area (Å²) in [7, 11) is 0. The summed E-state index contributed by atoms with van der Waals surface area (Å²) < 4.78 is 0. The second-order valence-corrected chi connectivity index (χ2v) is 5.57. The molecule has 1 saturated carbocycles. The molecule has 1 fully saturated rings. The Bertz CT molecular complexity index is 389. The molecular weight excluding hydrogens is 262 g/mol. The zero-order chi connectivity index (χ0) is 15.3. The van der Waals surface area contributed by atoms with Crippen LogP contribution in [0.1, 0.15) is 39.5 Å². The lowest BCUT2D eigenvalue weighted by molar-refractivity contribution is -0.144. The monoisotopic (exact) mass is 285 g/mol. The van der Waals surface area contributed by atoms with Gasteiger partial charge in [0.25, 0.3) is 0 Å². The van der Waals surface area contributed by atoms with Gasteiger partial charge in [0.15, 0.2) is 0 Å². The van der Waals surface area contributed by atoms with E-state index in [-0.39, 0.29) is 12.5 Å². The molecule has 0 spiro atoms. The molecule has 1 atom stereocenters. The highest BCUT2D eigenvalue weighted by atomic mass is 16.4. The van der Waals surface area contributed by atoms with E-state index in [1.54, 1.807) is 13.8 Å². The summed E-state index contributed by atoms with van der Waals surface area (Å²) in [6, 6.07) is -0.963. The van der Waals surface area contributed by atoms with Crippen LogP contribution in [0.2, 0.25) is 0 Å². The van der Waals surface area contributed by atoms with Crippen LogP contribution >= 0.6 is 0 Å². The molecule has 1 aliphatic rings. The topological polar surface area (TPSA) is 122 Å². The predicted octanol–water partition coefficient (Wildman–Crippen LogP) is -0.400. The van der Waals surface area contributed by atoms with Crippen molar-refractivity contribution in [1.82, 2.24) is 10.6 Å². The van der Waals surface area contributed by atoms with Crippen molar-refractivity contribution < 1.29 is 19.5 Å². The van der Waals surface area contributed by atoms with E-state index in [2.05, 4.69) is 10.6 Å². The van der Waals surface area contributed by atoms with Crippen molar-refractivity contribution in [3.63, 3.8) is 0 Å². The third-order valence-corrected chi connectivity index (χ3v) is 3.68. The van der Waals surface area contributed by atoms with E-state index in [4.69, 9.17) is 10.8 Å². The van der Waals surface area contributed by atoms with E-state index >= 15 is 0 Å². The molecule has 0 aromatic heterocycles. The van der Waals surface area contributed by atoms with E-state index in [9.17, 15) is 14.4 Å². The Hall–Kier alpha value is -1.63. The van der Waals surface area contributed by atoms with Crippen molar-refractivity contribution in [3.05, 3.63) is 0 Å². The Morgan fingerprint density at radius 1 is 1.25 bits per heavy atom. The minimum Gasteiger partial charge on any atom is -0.480 e. The van der Waals surface area contributed by atoms with E-state index in [1.807, 2.05) is 0 Å². The number of nitrogens with two attached hydrogens (primary N) is 1. The summed E-state index contributed by atoms with van der Waals surface area (Å²) in [6.45, 7) is 3.25. The Morgan fingerprint density at radius 2 is 1.80 bits per heavy atom. The molecule has 0 heterocycles. The van der Waals surface area contributed by atoms with Crippen molar-refractivity contribution in [1.29, 1.82) is 0 Å². The maximum absolute atomic E-state index is 12.4. The fourth-order valence-corrected chi connectivity index (χ4v) is 2.50. The largest absolute Gasteiger partial charge is 0.480 e. The predicted molar refractivity (Wildman–Crippen MR) is 72.8 cm³/mol. The van der Waals surface area contributed by atoms with Crippen LogP contribution in [0.4, 0.5) is 0 Å². The van der Waals surface area contributed by atoms with Crippen LogP contribution in [0.3, 0.4) is 0 Å². The molecule has 0 unspecified atom stereocenters. The third-order valence-electron chi connectivity index (χ3n) is 3.68. The molecule has 0 aliphatic heterocycles. The number of carboxylic acids is 1. The van der Waals surface area contributed by atoms with Gasteiger partial charge >= 0.3 is 5.97 Å². The first kappa shape index (κ1) is 16.4. The van der Waals surface area contributed by atoms with Crippen LogP contribution in [0, 0.1) is 5.92 Å². The average molecular weight is 285 g/mol. The second kappa shape index (κ2) is 6.69. The highest BCUT2D eigenvalue weighted by molar-refractivity contribution is 5.94. The molecule has 0 aromatic rings. The van der Waals surface area contributed by atoms with Gasteiger partial charge in [0.05, 0.1) is 6.54 Å². The average Bonchev–Trinajstić information content (AvgIpc) is 2.84. The van der Waals surface area contributed by atoms with Crippen molar-refractivity contribution in [3.8, 4) is 0 Å². The molecule has 5 N–H and O–H groups in total. The molecule has 7 nitrogen and oxygen atoms in total. The first-order valence-corrected chi connectivity index (χ1v) is 6.87. The minimum absolute atomic E-state index is 0.193. The van der Waals surface area contributed by atoms with E-state index < -0.39 is 29.4 Å². The summed E-state index contributed by atoms with van der Waals surface area (Å²) in [6.07, 6.45) is 2.65. The molecule has 0 saturated heterocycles. The van der Waals surface area contributed by atoms with Gasteiger partial charge in [0, 0.05) is 0 Å². The van der Waals surface area contributed by atoms with Crippen LogP contribution < -0.4 is 16.4 Å². The molecule has 7 heteroatoms. The molecular formula is C13H23N3O4. The zero-order valence-electron chi connectivity index (χ0n) is 11.9. The lowest BCUT2D eigenvalue weighted by atomic mass is 9.94. The standard InChI is InChI=1S/C13H23N3O4/c1-8(2)10(11(18)19)15-12(20)13(5-3-4-6-13)16-9(17)7-14/h8,10H,3-7,14H2,1-2H3,(H,15,20)(H,16,17)(H,18,19)/t10-/m1/s1. The van der Waals surface area contributed by atoms with Crippen molar-refractivity contribution in [2.75, 3.05) is 6.54 Å². The van der Waals surface area contributed by atoms with Crippen molar-refractivity contribution >= 4 is 17.8 Å². The Kier molecular flexibility index (Phi) is 5.50. The number of aliphatic carboxylic acids is 1. The third kappa shape index (κ3) is 3.69. The minimum atomic E-state index is -1.08. The first-order valence-electron chi connectivity index (χ1n) is 6.87. The van der Waals surface area contributed by atoms with E-state index in [1.165, 1.54) is 0 Å². The molecule has 1 aliphatic carbocycles. The van der Waals surface area contributed by atoms with Gasteiger partial charge in [-0.15, -0.1) is 0 Å². The van der Waals surface area contributed by atoms with Gasteiger partial charge in [-0.3, -0.25) is 9.59 Å². The van der Waals surface area contributed by atoms with E-state index in [0.29, 0.717) is 12.8 Å². The number of carbonyl (C=O) groups excluding carboxylic acids is 2. The van der Waals surface area contributed by atoms with Crippen LogP contribution in [0.15, 0.2) is 0 Å². The van der Waals surface area contributed by atoms with Crippen molar-refractivity contribution in [2.45, 2.75) is 51.1 Å². The molecule has 0 bridgehead atoms. The summed E-state index contributed by atoms with van der Waals surface area (Å²) in [5.41, 5.74) is 4.25. The summed E-state index contributed by atoms with van der Waals surface area (Å²) in [5, 5.41) is 14.3. The molecule has 20 heavy (non-hydrogen) atoms. The second-order valence-electron chi connectivity index (χ2n) is 5.57. The van der Waals surface area contributed by atoms with Crippen LogP contribution in [0.5, 0.6) is 0 Å². The summed E-state index contributed by atoms with van der Waals surface area (Å²) >= 11 is 0. The Morgan fingerprint density at radius 3 is 2.20 bits per heavy atom. The van der Waals surface area contributed by atoms with E-state index in [0.717, 1.165) is 12.8 Å². The van der Waals surface area contributed by atoms with Gasteiger partial charge in [0.1, 0.15) is 11.6 Å². The highest BCUT2D eigenvalue weighted by Crippen LogP contribution is 2.30. The number of nitrogens with one attached hydrogen (secondary N) is 2. The quantitative estimate of drug-likeness (QED) is 0.529. The highest BCUT2D eigenvalue weighted by Gasteiger charge is 2.43. The SMILES string of the molecule is CC(C)[C@@H](NC(=O)C1(NC(=O)CN)CCCC1)C(=O)O. The smallest absolute Gasteiger partial charge is 0.326 e. The number of hydrogen-bond acceptors (Lipinski definition) is 4. The van der Waals surface area contributed by atoms with Gasteiger partial charge in [-0.1, -0.05) is 26.7 Å². The normalized spacial score (nSPS) is 18.6. The Labute approximate surface area is 118 Å². The number of carbonyl (C=O) groups is 3. The molecule has 0 aromatic carbocycles. The molecule has 1 rings (SSSR count). The van der Waals surface area contributed by atoms with Gasteiger partial charge in [0.2, 0.25) is 11.8 Å². The summed E-state index contributed by atoms with van der Waals surface area (Å²) in [5.74, 6) is -2.15. The van der Waals surface area contributed by atoms with Gasteiger partial charge in [-0.05, 0) is 18.8 Å². The Balaban J connectivity index is 2.84.